The van der Waals surface area contributed by atoms with Gasteiger partial charge in [-0.15, -0.1) is 29.4 Å². The lowest BCUT2D eigenvalue weighted by Crippen LogP contribution is -2.51. The van der Waals surface area contributed by atoms with Gasteiger partial charge in [-0.2, -0.15) is 4.98 Å². The number of ether oxygens (including phenoxy) is 3. The number of benzene rings is 1. The van der Waals surface area contributed by atoms with Gasteiger partial charge in [0.15, 0.2) is 11.5 Å². The largest absolute Gasteiger partial charge is 0.493 e. The molecule has 166 valence electrons. The molecule has 1 unspecified atom stereocenters. The fourth-order valence-corrected chi connectivity index (χ4v) is 3.71. The molecule has 2 saturated heterocycles. The van der Waals surface area contributed by atoms with Crippen LogP contribution in [0.4, 0.5) is 11.8 Å². The second-order valence-corrected chi connectivity index (χ2v) is 6.95. The topological polar surface area (TPSA) is 103 Å². The van der Waals surface area contributed by atoms with E-state index in [4.69, 9.17) is 19.9 Å². The fraction of sp³-hybridized carbons (Fsp3) is 0.526. The summed E-state index contributed by atoms with van der Waals surface area (Å²) < 4.78 is 16.2. The van der Waals surface area contributed by atoms with Crippen LogP contribution in [-0.4, -0.2) is 73.9 Å². The first kappa shape index (κ1) is 24.2. The highest BCUT2D eigenvalue weighted by molar-refractivity contribution is 8.93. The normalized spacial score (nSPS) is 18.5. The number of carbonyl (C=O) groups is 1. The molecular weight excluding hydrogens is 478 g/mol. The summed E-state index contributed by atoms with van der Waals surface area (Å²) in [6.45, 7) is 3.21. The Morgan fingerprint density at radius 3 is 2.40 bits per heavy atom. The summed E-state index contributed by atoms with van der Waals surface area (Å²) in [5.74, 6) is 2.21. The molecule has 1 amide bonds. The van der Waals surface area contributed by atoms with Gasteiger partial charge in [0.25, 0.3) is 5.91 Å². The van der Waals surface area contributed by atoms with E-state index in [0.29, 0.717) is 67.0 Å². The molecule has 2 N–H and O–H groups in total. The number of piperazine rings is 1. The summed E-state index contributed by atoms with van der Waals surface area (Å²) in [4.78, 5) is 25.6. The van der Waals surface area contributed by atoms with Crippen molar-refractivity contribution in [2.24, 2.45) is 0 Å². The Hall–Kier alpha value is -2.04. The van der Waals surface area contributed by atoms with Gasteiger partial charge in [0.05, 0.1) is 19.7 Å². The number of aromatic nitrogens is 2. The fourth-order valence-electron chi connectivity index (χ4n) is 3.71. The van der Waals surface area contributed by atoms with Crippen LogP contribution in [-0.2, 0) is 9.53 Å². The Morgan fingerprint density at radius 1 is 1.13 bits per heavy atom. The molecule has 1 atom stereocenters. The van der Waals surface area contributed by atoms with E-state index in [1.54, 1.807) is 26.4 Å². The van der Waals surface area contributed by atoms with Crippen molar-refractivity contribution in [2.75, 3.05) is 57.6 Å². The third kappa shape index (κ3) is 4.65. The minimum absolute atomic E-state index is 0. The molecule has 2 aromatic rings. The van der Waals surface area contributed by atoms with Crippen molar-refractivity contribution >= 4 is 58.0 Å². The van der Waals surface area contributed by atoms with E-state index in [2.05, 4.69) is 9.97 Å². The maximum atomic E-state index is 12.5. The zero-order valence-corrected chi connectivity index (χ0v) is 19.5. The zero-order chi connectivity index (χ0) is 19.7. The highest BCUT2D eigenvalue weighted by Crippen LogP contribution is 2.34. The first-order valence-electron chi connectivity index (χ1n) is 9.45. The summed E-state index contributed by atoms with van der Waals surface area (Å²) in [6.07, 6.45) is 1.49. The molecule has 4 rings (SSSR count). The van der Waals surface area contributed by atoms with E-state index in [-0.39, 0.29) is 41.4 Å². The molecule has 0 bridgehead atoms. The Bertz CT molecular complexity index is 889. The second kappa shape index (κ2) is 10.3. The standard InChI is InChI=1S/C19H25N5O4.BrH.ClH/c1-26-15-10-12-13(11-16(15)27-2)21-19(22-17(12)20)24-7-5-23(6-8-24)18(25)14-4-3-9-28-14;;/h10-11,14H,3-9H2,1-2H3,(H2,20,21,22);2*1H. The molecule has 0 saturated carbocycles. The molecule has 30 heavy (non-hydrogen) atoms. The van der Waals surface area contributed by atoms with Gasteiger partial charge in [-0.3, -0.25) is 4.79 Å². The molecule has 2 fully saturated rings. The molecule has 9 nitrogen and oxygen atoms in total. The van der Waals surface area contributed by atoms with Crippen LogP contribution in [0.15, 0.2) is 12.1 Å². The number of carbonyl (C=O) groups excluding carboxylic acids is 1. The molecule has 0 aliphatic carbocycles. The van der Waals surface area contributed by atoms with Crippen LogP contribution in [0.5, 0.6) is 11.5 Å². The van der Waals surface area contributed by atoms with E-state index in [1.807, 2.05) is 9.80 Å². The Balaban J connectivity index is 0.00000160. The number of rotatable bonds is 4. The minimum Gasteiger partial charge on any atom is -0.493 e. The molecule has 1 aromatic heterocycles. The second-order valence-electron chi connectivity index (χ2n) is 6.95. The van der Waals surface area contributed by atoms with Crippen molar-refractivity contribution in [1.82, 2.24) is 14.9 Å². The van der Waals surface area contributed by atoms with E-state index in [0.717, 1.165) is 12.8 Å². The molecule has 3 heterocycles. The average Bonchev–Trinajstić information content (AvgIpc) is 3.27. The van der Waals surface area contributed by atoms with Crippen LogP contribution < -0.4 is 20.1 Å². The molecule has 1 aromatic carbocycles. The minimum atomic E-state index is -0.276. The Labute approximate surface area is 192 Å². The quantitative estimate of drug-likeness (QED) is 0.675. The van der Waals surface area contributed by atoms with E-state index < -0.39 is 0 Å². The van der Waals surface area contributed by atoms with Crippen LogP contribution in [0.25, 0.3) is 10.9 Å². The number of fused-ring (bicyclic) bond motifs is 1. The number of hydrogen-bond acceptors (Lipinski definition) is 8. The van der Waals surface area contributed by atoms with Crippen LogP contribution in [0.2, 0.25) is 0 Å². The maximum absolute atomic E-state index is 12.5. The SMILES string of the molecule is Br.COc1cc2nc(N3CCN(C(=O)C4CCCO4)CC3)nc(N)c2cc1OC.Cl. The van der Waals surface area contributed by atoms with Gasteiger partial charge in [-0.25, -0.2) is 4.98 Å². The van der Waals surface area contributed by atoms with Crippen LogP contribution >= 0.6 is 29.4 Å². The summed E-state index contributed by atoms with van der Waals surface area (Å²) in [5, 5.41) is 0.716. The van der Waals surface area contributed by atoms with Gasteiger partial charge in [-0.05, 0) is 18.9 Å². The number of halogens is 2. The van der Waals surface area contributed by atoms with Crippen molar-refractivity contribution in [1.29, 1.82) is 0 Å². The van der Waals surface area contributed by atoms with Crippen molar-refractivity contribution in [3.8, 4) is 11.5 Å². The van der Waals surface area contributed by atoms with Crippen molar-refractivity contribution in [3.63, 3.8) is 0 Å². The lowest BCUT2D eigenvalue weighted by atomic mass is 10.2. The number of anilines is 2. The lowest BCUT2D eigenvalue weighted by molar-refractivity contribution is -0.141. The average molecular weight is 505 g/mol. The third-order valence-corrected chi connectivity index (χ3v) is 5.30. The first-order valence-corrected chi connectivity index (χ1v) is 9.45. The lowest BCUT2D eigenvalue weighted by Gasteiger charge is -2.35. The molecule has 2 aliphatic rings. The number of nitrogens with two attached hydrogens (primary N) is 1. The van der Waals surface area contributed by atoms with Gasteiger partial charge in [0.1, 0.15) is 11.9 Å². The number of nitrogen functional groups attached to an aromatic ring is 1. The summed E-state index contributed by atoms with van der Waals surface area (Å²) in [6, 6.07) is 3.58. The first-order chi connectivity index (χ1) is 13.6. The molecule has 0 radical (unpaired) electrons. The highest BCUT2D eigenvalue weighted by atomic mass is 79.9. The van der Waals surface area contributed by atoms with Crippen LogP contribution in [0.3, 0.4) is 0 Å². The third-order valence-electron chi connectivity index (χ3n) is 5.30. The molecule has 11 heteroatoms. The Morgan fingerprint density at radius 2 is 1.80 bits per heavy atom. The van der Waals surface area contributed by atoms with Gasteiger partial charge in [0, 0.05) is 44.2 Å². The predicted octanol–water partition coefficient (Wildman–Crippen LogP) is 2.06. The number of hydrogen-bond donors (Lipinski definition) is 1. The molecule has 0 spiro atoms. The van der Waals surface area contributed by atoms with Gasteiger partial charge in [0.2, 0.25) is 5.95 Å². The van der Waals surface area contributed by atoms with Crippen molar-refractivity contribution < 1.29 is 19.0 Å². The smallest absolute Gasteiger partial charge is 0.251 e. The van der Waals surface area contributed by atoms with Crippen LogP contribution in [0.1, 0.15) is 12.8 Å². The summed E-state index contributed by atoms with van der Waals surface area (Å²) in [5.41, 5.74) is 6.87. The van der Waals surface area contributed by atoms with Crippen molar-refractivity contribution in [2.45, 2.75) is 18.9 Å². The van der Waals surface area contributed by atoms with E-state index in [9.17, 15) is 4.79 Å². The molecular formula is C19H27BrClN5O4. The zero-order valence-electron chi connectivity index (χ0n) is 17.0. The van der Waals surface area contributed by atoms with E-state index >= 15 is 0 Å². The highest BCUT2D eigenvalue weighted by Gasteiger charge is 2.31. The van der Waals surface area contributed by atoms with Gasteiger partial charge >= 0.3 is 0 Å². The summed E-state index contributed by atoms with van der Waals surface area (Å²) in [7, 11) is 3.16. The maximum Gasteiger partial charge on any atom is 0.251 e. The van der Waals surface area contributed by atoms with Gasteiger partial charge < -0.3 is 29.7 Å². The number of nitrogens with zero attached hydrogens (tertiary/aromatic N) is 4. The van der Waals surface area contributed by atoms with E-state index in [1.165, 1.54) is 0 Å². The number of amides is 1. The monoisotopic (exact) mass is 503 g/mol. The van der Waals surface area contributed by atoms with Gasteiger partial charge in [-0.1, -0.05) is 0 Å². The van der Waals surface area contributed by atoms with Crippen LogP contribution in [0, 0.1) is 0 Å². The van der Waals surface area contributed by atoms with Crippen molar-refractivity contribution in [3.05, 3.63) is 12.1 Å². The Kier molecular flexibility index (Phi) is 8.34. The molecule has 2 aliphatic heterocycles. The summed E-state index contributed by atoms with van der Waals surface area (Å²) >= 11 is 0. The number of methoxy groups -OCH3 is 2. The predicted molar refractivity (Wildman–Crippen MR) is 122 cm³/mol.